The summed E-state index contributed by atoms with van der Waals surface area (Å²) in [5.41, 5.74) is 1.02. The Labute approximate surface area is 171 Å². The van der Waals surface area contributed by atoms with Crippen LogP contribution in [0.5, 0.6) is 0 Å². The summed E-state index contributed by atoms with van der Waals surface area (Å²) in [6.07, 6.45) is 1.88. The molecule has 1 atom stereocenters. The van der Waals surface area contributed by atoms with Crippen molar-refractivity contribution >= 4 is 34.6 Å². The zero-order valence-corrected chi connectivity index (χ0v) is 16.6. The normalized spacial score (nSPS) is 14.4. The molecule has 3 amide bonds. The van der Waals surface area contributed by atoms with Crippen LogP contribution in [0.1, 0.15) is 19.8 Å². The monoisotopic (exact) mass is 408 g/mol. The highest BCUT2D eigenvalue weighted by molar-refractivity contribution is 8.00. The van der Waals surface area contributed by atoms with E-state index >= 15 is 0 Å². The van der Waals surface area contributed by atoms with Crippen LogP contribution in [-0.2, 0) is 4.79 Å². The van der Waals surface area contributed by atoms with Gasteiger partial charge >= 0.3 is 6.03 Å². The van der Waals surface area contributed by atoms with Gasteiger partial charge in [0.1, 0.15) is 0 Å². The molecule has 1 heterocycles. The van der Waals surface area contributed by atoms with Crippen LogP contribution >= 0.6 is 11.8 Å². The van der Waals surface area contributed by atoms with Gasteiger partial charge in [-0.2, -0.15) is 0 Å². The molecule has 1 fully saturated rings. The van der Waals surface area contributed by atoms with Crippen molar-refractivity contribution in [2.75, 3.05) is 0 Å². The van der Waals surface area contributed by atoms with E-state index < -0.39 is 17.2 Å². The highest BCUT2D eigenvalue weighted by atomic mass is 32.2. The lowest BCUT2D eigenvalue weighted by atomic mass is 10.2. The third-order valence-corrected chi connectivity index (χ3v) is 5.61. The van der Waals surface area contributed by atoms with Crippen molar-refractivity contribution in [2.24, 2.45) is 0 Å². The van der Waals surface area contributed by atoms with Crippen molar-refractivity contribution in [3.63, 3.8) is 0 Å². The number of benzene rings is 2. The van der Waals surface area contributed by atoms with Gasteiger partial charge in [0, 0.05) is 6.04 Å². The first-order valence-corrected chi connectivity index (χ1v) is 10.3. The lowest BCUT2D eigenvalue weighted by Crippen LogP contribution is -2.43. The summed E-state index contributed by atoms with van der Waals surface area (Å²) in [6.45, 7) is 1.68. The zero-order valence-electron chi connectivity index (χ0n) is 15.8. The summed E-state index contributed by atoms with van der Waals surface area (Å²) < 4.78 is 1.50. The molecule has 0 saturated heterocycles. The van der Waals surface area contributed by atoms with Gasteiger partial charge in [-0.25, -0.2) is 9.78 Å². The summed E-state index contributed by atoms with van der Waals surface area (Å²) in [5, 5.41) is 5.35. The lowest BCUT2D eigenvalue weighted by molar-refractivity contribution is -0.119. The zero-order chi connectivity index (χ0) is 20.4. The van der Waals surface area contributed by atoms with Crippen LogP contribution in [0.4, 0.5) is 4.79 Å². The number of nitrogens with zero attached hydrogens (tertiary/aromatic N) is 2. The van der Waals surface area contributed by atoms with Crippen LogP contribution in [0.15, 0.2) is 64.5 Å². The van der Waals surface area contributed by atoms with Gasteiger partial charge in [-0.3, -0.25) is 19.5 Å². The van der Waals surface area contributed by atoms with E-state index in [4.69, 9.17) is 0 Å². The number of amides is 3. The Bertz CT molecular complexity index is 1130. The number of hydrogen-bond acceptors (Lipinski definition) is 5. The number of fused-ring (bicyclic) bond motifs is 1. The van der Waals surface area contributed by atoms with Gasteiger partial charge in [0.05, 0.1) is 21.8 Å². The molecular formula is C21H20N4O3S. The molecule has 1 unspecified atom stereocenters. The smallest absolute Gasteiger partial charge is 0.321 e. The summed E-state index contributed by atoms with van der Waals surface area (Å²) in [7, 11) is 0. The number of aromatic nitrogens is 2. The summed E-state index contributed by atoms with van der Waals surface area (Å²) in [4.78, 5) is 42.1. The second-order valence-corrected chi connectivity index (χ2v) is 8.19. The third kappa shape index (κ3) is 4.32. The molecule has 29 heavy (non-hydrogen) atoms. The van der Waals surface area contributed by atoms with Crippen LogP contribution in [0.2, 0.25) is 0 Å². The molecule has 2 aromatic carbocycles. The van der Waals surface area contributed by atoms with Gasteiger partial charge in [0.15, 0.2) is 5.16 Å². The molecule has 8 heteroatoms. The van der Waals surface area contributed by atoms with E-state index in [1.54, 1.807) is 25.1 Å². The number of imide groups is 1. The van der Waals surface area contributed by atoms with Crippen molar-refractivity contribution < 1.29 is 9.59 Å². The topological polar surface area (TPSA) is 93.1 Å². The molecule has 7 nitrogen and oxygen atoms in total. The molecule has 0 radical (unpaired) electrons. The minimum absolute atomic E-state index is 0.163. The maximum absolute atomic E-state index is 13.2. The first-order valence-electron chi connectivity index (χ1n) is 9.38. The Hall–Kier alpha value is -3.13. The lowest BCUT2D eigenvalue weighted by Gasteiger charge is -2.16. The number of hydrogen-bond donors (Lipinski definition) is 2. The van der Waals surface area contributed by atoms with E-state index in [1.165, 1.54) is 4.57 Å². The fraction of sp³-hybridized carbons (Fsp3) is 0.238. The Morgan fingerprint density at radius 3 is 2.52 bits per heavy atom. The molecule has 0 spiro atoms. The van der Waals surface area contributed by atoms with E-state index in [2.05, 4.69) is 15.6 Å². The molecule has 1 aliphatic carbocycles. The van der Waals surface area contributed by atoms with Crippen molar-refractivity contribution in [3.05, 3.63) is 65.0 Å². The minimum Gasteiger partial charge on any atom is -0.335 e. The van der Waals surface area contributed by atoms with Crippen LogP contribution in [0.25, 0.3) is 16.6 Å². The molecule has 1 saturated carbocycles. The second-order valence-electron chi connectivity index (χ2n) is 6.88. The molecule has 0 bridgehead atoms. The number of carbonyl (C=O) groups is 2. The number of nitrogens with one attached hydrogen (secondary N) is 2. The van der Waals surface area contributed by atoms with E-state index in [0.717, 1.165) is 24.6 Å². The van der Waals surface area contributed by atoms with E-state index in [0.29, 0.717) is 21.7 Å². The van der Waals surface area contributed by atoms with Gasteiger partial charge in [-0.1, -0.05) is 42.1 Å². The first kappa shape index (κ1) is 19.2. The van der Waals surface area contributed by atoms with Crippen molar-refractivity contribution in [3.8, 4) is 5.69 Å². The SMILES string of the molecule is CC(Sc1nc2ccccc2c(=O)n1-c1ccccc1)C(=O)NC(=O)NC1CC1. The van der Waals surface area contributed by atoms with Crippen molar-refractivity contribution in [2.45, 2.75) is 36.2 Å². The average molecular weight is 408 g/mol. The van der Waals surface area contributed by atoms with Gasteiger partial charge in [0.2, 0.25) is 5.91 Å². The van der Waals surface area contributed by atoms with Gasteiger partial charge in [0.25, 0.3) is 5.56 Å². The first-order chi connectivity index (χ1) is 14.0. The highest BCUT2D eigenvalue weighted by Gasteiger charge is 2.26. The molecule has 4 rings (SSSR count). The fourth-order valence-corrected chi connectivity index (χ4v) is 3.80. The maximum Gasteiger partial charge on any atom is 0.321 e. The Morgan fingerprint density at radius 2 is 1.79 bits per heavy atom. The fourth-order valence-electron chi connectivity index (χ4n) is 2.87. The summed E-state index contributed by atoms with van der Waals surface area (Å²) in [6, 6.07) is 16.0. The van der Waals surface area contributed by atoms with Crippen LogP contribution in [0, 0.1) is 0 Å². The van der Waals surface area contributed by atoms with Crippen molar-refractivity contribution in [1.82, 2.24) is 20.2 Å². The molecule has 1 aliphatic rings. The quantitative estimate of drug-likeness (QED) is 0.500. The second kappa shape index (κ2) is 8.08. The predicted molar refractivity (Wildman–Crippen MR) is 112 cm³/mol. The molecule has 3 aromatic rings. The Kier molecular flexibility index (Phi) is 5.35. The van der Waals surface area contributed by atoms with Crippen LogP contribution in [-0.4, -0.2) is 32.8 Å². The molecule has 148 valence electrons. The highest BCUT2D eigenvalue weighted by Crippen LogP contribution is 2.25. The largest absolute Gasteiger partial charge is 0.335 e. The molecular weight excluding hydrogens is 388 g/mol. The van der Waals surface area contributed by atoms with Gasteiger partial charge < -0.3 is 5.32 Å². The third-order valence-electron chi connectivity index (χ3n) is 4.56. The number of urea groups is 1. The predicted octanol–water partition coefficient (Wildman–Crippen LogP) is 2.85. The number of rotatable bonds is 5. The van der Waals surface area contributed by atoms with Crippen LogP contribution in [0.3, 0.4) is 0 Å². The Morgan fingerprint density at radius 1 is 1.10 bits per heavy atom. The number of carbonyl (C=O) groups excluding carboxylic acids is 2. The summed E-state index contributed by atoms with van der Waals surface area (Å²) in [5.74, 6) is -0.435. The Balaban J connectivity index is 1.65. The maximum atomic E-state index is 13.2. The molecule has 2 N–H and O–H groups in total. The van der Waals surface area contributed by atoms with Gasteiger partial charge in [-0.15, -0.1) is 0 Å². The van der Waals surface area contributed by atoms with E-state index in [9.17, 15) is 14.4 Å². The van der Waals surface area contributed by atoms with E-state index in [-0.39, 0.29) is 11.6 Å². The molecule has 1 aromatic heterocycles. The van der Waals surface area contributed by atoms with Crippen molar-refractivity contribution in [1.29, 1.82) is 0 Å². The minimum atomic E-state index is -0.622. The van der Waals surface area contributed by atoms with Crippen LogP contribution < -0.4 is 16.2 Å². The average Bonchev–Trinajstić information content (AvgIpc) is 3.52. The number of para-hydroxylation sites is 2. The standard InChI is InChI=1S/C21H20N4O3S/c1-13(18(26)24-20(28)22-14-11-12-14)29-21-23-17-10-6-5-9-16(17)19(27)25(21)15-7-3-2-4-8-15/h2-10,13-14H,11-12H2,1H3,(H2,22,24,26,28). The van der Waals surface area contributed by atoms with E-state index in [1.807, 2.05) is 36.4 Å². The number of thioether (sulfide) groups is 1. The van der Waals surface area contributed by atoms with Gasteiger partial charge in [-0.05, 0) is 44.0 Å². The molecule has 0 aliphatic heterocycles. The summed E-state index contributed by atoms with van der Waals surface area (Å²) >= 11 is 1.14.